The number of nitrogens with zero attached hydrogens (tertiary/aromatic N) is 1. The molecule has 0 fully saturated rings. The van der Waals surface area contributed by atoms with Crippen LogP contribution in [0.15, 0.2) is 12.2 Å². The molecule has 7 nitrogen and oxygen atoms in total. The van der Waals surface area contributed by atoms with Gasteiger partial charge < -0.3 is 14.4 Å². The topological polar surface area (TPSA) is 85.3 Å². The Morgan fingerprint density at radius 1 is 0.838 bits per heavy atom. The lowest BCUT2D eigenvalue weighted by Gasteiger charge is -2.13. The number of unbranched alkanes of at least 4 members (excludes halogenated alkanes) is 13. The molecule has 0 spiro atoms. The van der Waals surface area contributed by atoms with E-state index >= 15 is 0 Å². The second-order valence-corrected chi connectivity index (χ2v) is 11.4. The first-order valence-electron chi connectivity index (χ1n) is 14.5. The molecule has 1 unspecified atom stereocenters. The largest absolute Gasteiger partial charge is 0.616 e. The Morgan fingerprint density at radius 3 is 1.73 bits per heavy atom. The fraction of sp³-hybridized carbons (Fsp3) is 0.893. The zero-order valence-corrected chi connectivity index (χ0v) is 26.2. The predicted octanol–water partition coefficient (Wildman–Crippen LogP) is 8.81. The number of allylic oxidation sites excluding steroid dienone is 1. The van der Waals surface area contributed by atoms with Crippen molar-refractivity contribution in [1.29, 1.82) is 0 Å². The van der Waals surface area contributed by atoms with Crippen molar-refractivity contribution < 1.29 is 27.9 Å². The summed E-state index contributed by atoms with van der Waals surface area (Å²) in [6.07, 6.45) is 20.9. The van der Waals surface area contributed by atoms with Crippen LogP contribution in [0.5, 0.6) is 0 Å². The van der Waals surface area contributed by atoms with Crippen molar-refractivity contribution in [1.82, 2.24) is 4.90 Å². The van der Waals surface area contributed by atoms with Crippen LogP contribution in [-0.2, 0) is 23.4 Å². The quantitative estimate of drug-likeness (QED) is 0.0386. The summed E-state index contributed by atoms with van der Waals surface area (Å²) in [5.74, 6) is -0.423. The van der Waals surface area contributed by atoms with E-state index < -0.39 is 19.3 Å². The van der Waals surface area contributed by atoms with Gasteiger partial charge in [0.25, 0.3) is 0 Å². The van der Waals surface area contributed by atoms with Gasteiger partial charge in [-0.15, -0.1) is 4.52 Å². The van der Waals surface area contributed by atoms with Crippen LogP contribution in [0.1, 0.15) is 118 Å². The maximum absolute atomic E-state index is 11.7. The molecule has 1 N–H and O–H groups in total. The first-order valence-corrected chi connectivity index (χ1v) is 17.0. The molecular formula is C28H57NO6PS+. The van der Waals surface area contributed by atoms with Crippen molar-refractivity contribution in [2.45, 2.75) is 124 Å². The predicted molar refractivity (Wildman–Crippen MR) is 158 cm³/mol. The Hall–Kier alpha value is -0.500. The lowest BCUT2D eigenvalue weighted by molar-refractivity contribution is -0.141. The van der Waals surface area contributed by atoms with E-state index in [1.54, 1.807) is 0 Å². The molecule has 0 aromatic rings. The molecule has 0 aromatic carbocycles. The summed E-state index contributed by atoms with van der Waals surface area (Å²) < 4.78 is 34.6. The molecule has 0 saturated carbocycles. The normalized spacial score (nSPS) is 12.5. The van der Waals surface area contributed by atoms with Crippen molar-refractivity contribution >= 4 is 24.9 Å². The molecule has 0 radical (unpaired) electrons. The summed E-state index contributed by atoms with van der Waals surface area (Å²) in [5.41, 5.74) is 0. The van der Waals surface area contributed by atoms with Crippen LogP contribution in [-0.4, -0.2) is 61.5 Å². The third-order valence-corrected chi connectivity index (χ3v) is 7.46. The SMILES string of the molecule is CCCCCCCCCCCCCCCC=CC(=O)OC[C@@H](CO[P+](=O)SO)OC.CCN(CC)CC. The van der Waals surface area contributed by atoms with E-state index in [1.807, 2.05) is 6.08 Å². The third kappa shape index (κ3) is 29.9. The van der Waals surface area contributed by atoms with E-state index in [9.17, 15) is 9.36 Å². The number of hydrogen-bond acceptors (Lipinski definition) is 8. The van der Waals surface area contributed by atoms with E-state index in [1.165, 1.54) is 110 Å². The van der Waals surface area contributed by atoms with E-state index in [4.69, 9.17) is 18.6 Å². The van der Waals surface area contributed by atoms with Crippen LogP contribution < -0.4 is 0 Å². The number of ether oxygens (including phenoxy) is 2. The molecule has 0 aliphatic carbocycles. The minimum absolute atomic E-state index is 0.0116. The monoisotopic (exact) mass is 566 g/mol. The summed E-state index contributed by atoms with van der Waals surface area (Å²) in [6, 6.07) is 0. The van der Waals surface area contributed by atoms with Crippen molar-refractivity contribution in [3.8, 4) is 0 Å². The van der Waals surface area contributed by atoms with Gasteiger partial charge in [0.2, 0.25) is 0 Å². The van der Waals surface area contributed by atoms with Crippen LogP contribution in [0.2, 0.25) is 0 Å². The van der Waals surface area contributed by atoms with Gasteiger partial charge >= 0.3 is 24.9 Å². The molecule has 220 valence electrons. The van der Waals surface area contributed by atoms with Crippen molar-refractivity contribution in [2.24, 2.45) is 0 Å². The smallest absolute Gasteiger partial charge is 0.460 e. The van der Waals surface area contributed by atoms with Gasteiger partial charge in [0, 0.05) is 13.2 Å². The molecule has 37 heavy (non-hydrogen) atoms. The maximum Gasteiger partial charge on any atom is 0.616 e. The van der Waals surface area contributed by atoms with E-state index in [0.717, 1.165) is 12.8 Å². The summed E-state index contributed by atoms with van der Waals surface area (Å²) >= 11 is 0.142. The van der Waals surface area contributed by atoms with Gasteiger partial charge in [-0.05, 0) is 37.0 Å². The van der Waals surface area contributed by atoms with Crippen LogP contribution >= 0.6 is 18.9 Å². The van der Waals surface area contributed by atoms with Gasteiger partial charge in [-0.25, -0.2) is 4.79 Å². The lowest BCUT2D eigenvalue weighted by atomic mass is 10.0. The summed E-state index contributed by atoms with van der Waals surface area (Å²) in [4.78, 5) is 14.1. The molecule has 2 atom stereocenters. The number of carbonyl (C=O) groups excluding carboxylic acids is 1. The highest BCUT2D eigenvalue weighted by Crippen LogP contribution is 2.35. The molecule has 0 aromatic heterocycles. The molecule has 0 bridgehead atoms. The summed E-state index contributed by atoms with van der Waals surface area (Å²) in [7, 11) is -0.731. The van der Waals surface area contributed by atoms with Crippen molar-refractivity contribution in [3.05, 3.63) is 12.2 Å². The van der Waals surface area contributed by atoms with Crippen LogP contribution in [0.3, 0.4) is 0 Å². The second kappa shape index (κ2) is 31.7. The molecule has 0 rings (SSSR count). The minimum atomic E-state index is -2.18. The molecular weight excluding hydrogens is 509 g/mol. The second-order valence-electron chi connectivity index (χ2n) is 9.14. The Balaban J connectivity index is 0. The lowest BCUT2D eigenvalue weighted by Crippen LogP contribution is -2.24. The average Bonchev–Trinajstić information content (AvgIpc) is 2.92. The van der Waals surface area contributed by atoms with Gasteiger partial charge in [0.1, 0.15) is 19.3 Å². The molecule has 0 saturated heterocycles. The highest BCUT2D eigenvalue weighted by molar-refractivity contribution is 8.47. The number of esters is 1. The number of hydrogen-bond donors (Lipinski definition) is 1. The fourth-order valence-corrected chi connectivity index (χ4v) is 4.36. The van der Waals surface area contributed by atoms with Crippen molar-refractivity contribution in [3.63, 3.8) is 0 Å². The minimum Gasteiger partial charge on any atom is -0.460 e. The highest BCUT2D eigenvalue weighted by Gasteiger charge is 2.23. The van der Waals surface area contributed by atoms with E-state index in [-0.39, 0.29) is 24.9 Å². The zero-order valence-electron chi connectivity index (χ0n) is 24.5. The van der Waals surface area contributed by atoms with Crippen LogP contribution in [0.4, 0.5) is 0 Å². The van der Waals surface area contributed by atoms with Gasteiger partial charge in [-0.3, -0.25) is 4.55 Å². The standard InChI is InChI=1S/C22H41O6PS.C6H15N/c1-3-4-5-6-7-8-9-10-11-12-13-14-15-16-17-18-22(23)27-19-21(26-2)20-28-29(24)30-25;1-4-7(5-2)6-3/h17-18,21H,3-16,19-20H2,1-2H3;4-6H2,1-3H3/p+1/t21-;/m0./s1. The Bertz CT molecular complexity index is 529. The number of rotatable bonds is 25. The zero-order chi connectivity index (χ0) is 28.0. The van der Waals surface area contributed by atoms with Gasteiger partial charge in [0.05, 0.1) is 0 Å². The van der Waals surface area contributed by atoms with Crippen LogP contribution in [0.25, 0.3) is 0 Å². The molecule has 9 heteroatoms. The number of methoxy groups -OCH3 is 1. The third-order valence-electron chi connectivity index (χ3n) is 6.25. The highest BCUT2D eigenvalue weighted by atomic mass is 32.7. The maximum atomic E-state index is 11.7. The number of carbonyl (C=O) groups is 1. The molecule has 0 amide bonds. The fourth-order valence-electron chi connectivity index (χ4n) is 3.71. The average molecular weight is 567 g/mol. The van der Waals surface area contributed by atoms with Gasteiger partial charge in [0.15, 0.2) is 0 Å². The van der Waals surface area contributed by atoms with E-state index in [2.05, 4.69) is 32.6 Å². The molecule has 0 heterocycles. The van der Waals surface area contributed by atoms with E-state index in [0.29, 0.717) is 0 Å². The Morgan fingerprint density at radius 2 is 1.32 bits per heavy atom. The summed E-state index contributed by atoms with van der Waals surface area (Å²) in [6.45, 7) is 12.4. The molecule has 0 aliphatic heterocycles. The van der Waals surface area contributed by atoms with Crippen molar-refractivity contribution in [2.75, 3.05) is 40.0 Å². The molecule has 0 aliphatic rings. The Kier molecular flexibility index (Phi) is 33.1. The first-order chi connectivity index (χ1) is 18.0. The Labute approximate surface area is 233 Å². The summed E-state index contributed by atoms with van der Waals surface area (Å²) in [5, 5.41) is 0. The first kappa shape index (κ1) is 38.6. The van der Waals surface area contributed by atoms with Gasteiger partial charge in [-0.2, -0.15) is 0 Å². The van der Waals surface area contributed by atoms with Gasteiger partial charge in [-0.1, -0.05) is 111 Å². The van der Waals surface area contributed by atoms with Crippen LogP contribution in [0, 0.1) is 0 Å².